The zero-order chi connectivity index (χ0) is 20.3. The number of aryl methyl sites for hydroxylation is 1. The highest BCUT2D eigenvalue weighted by molar-refractivity contribution is 6.44. The summed E-state index contributed by atoms with van der Waals surface area (Å²) in [5.74, 6) is -0.877. The molecule has 3 heterocycles. The molecule has 0 unspecified atom stereocenters. The number of aromatic amines is 1. The van der Waals surface area contributed by atoms with Crippen LogP contribution >= 0.6 is 23.2 Å². The topological polar surface area (TPSA) is 97.0 Å². The van der Waals surface area contributed by atoms with Gasteiger partial charge in [-0.25, -0.2) is 4.79 Å². The van der Waals surface area contributed by atoms with Gasteiger partial charge in [-0.3, -0.25) is 14.8 Å². The Kier molecular flexibility index (Phi) is 5.96. The standard InChI is InChI=1S/C19H16Cl2N4O3/c1-3-28-19(27)12-6-11(7-22-8-12)14-5-4-13(9-23-14)25-18(26)17-16(21)15(20)10(2)24-17/h4-9,24H,3H2,1-2H3,(H,25,26). The van der Waals surface area contributed by atoms with Crippen LogP contribution in [0.1, 0.15) is 33.5 Å². The van der Waals surface area contributed by atoms with E-state index in [1.807, 2.05) is 0 Å². The number of rotatable bonds is 5. The summed E-state index contributed by atoms with van der Waals surface area (Å²) in [5.41, 5.74) is 2.85. The van der Waals surface area contributed by atoms with Crippen LogP contribution in [-0.4, -0.2) is 33.4 Å². The predicted octanol–water partition coefficient (Wildman–Crippen LogP) is 4.52. The van der Waals surface area contributed by atoms with Gasteiger partial charge in [-0.05, 0) is 32.0 Å². The van der Waals surface area contributed by atoms with Crippen molar-refractivity contribution in [2.45, 2.75) is 13.8 Å². The number of amides is 1. The Morgan fingerprint density at radius 1 is 1.18 bits per heavy atom. The fraction of sp³-hybridized carbons (Fsp3) is 0.158. The Morgan fingerprint density at radius 2 is 1.96 bits per heavy atom. The summed E-state index contributed by atoms with van der Waals surface area (Å²) in [6.07, 6.45) is 4.52. The van der Waals surface area contributed by atoms with Crippen LogP contribution in [0.2, 0.25) is 10.0 Å². The Hall–Kier alpha value is -2.90. The summed E-state index contributed by atoms with van der Waals surface area (Å²) in [5, 5.41) is 3.18. The number of pyridine rings is 2. The maximum atomic E-state index is 12.4. The summed E-state index contributed by atoms with van der Waals surface area (Å²) in [7, 11) is 0. The molecular weight excluding hydrogens is 403 g/mol. The quantitative estimate of drug-likeness (QED) is 0.593. The number of hydrogen-bond acceptors (Lipinski definition) is 5. The highest BCUT2D eigenvalue weighted by atomic mass is 35.5. The van der Waals surface area contributed by atoms with Crippen LogP contribution in [-0.2, 0) is 4.74 Å². The van der Waals surface area contributed by atoms with Gasteiger partial charge in [0.25, 0.3) is 5.91 Å². The van der Waals surface area contributed by atoms with Crippen molar-refractivity contribution in [1.29, 1.82) is 0 Å². The van der Waals surface area contributed by atoms with Gasteiger partial charge in [0.05, 0.1) is 39.8 Å². The molecule has 3 aromatic rings. The highest BCUT2D eigenvalue weighted by Gasteiger charge is 2.18. The zero-order valence-electron chi connectivity index (χ0n) is 15.0. The number of halogens is 2. The Bertz CT molecular complexity index is 1030. The van der Waals surface area contributed by atoms with E-state index in [9.17, 15) is 9.59 Å². The summed E-state index contributed by atoms with van der Waals surface area (Å²) in [6, 6.07) is 5.04. The maximum absolute atomic E-state index is 12.4. The second-order valence-electron chi connectivity index (χ2n) is 5.82. The van der Waals surface area contributed by atoms with E-state index in [0.717, 1.165) is 0 Å². The molecule has 0 spiro atoms. The molecule has 0 aliphatic heterocycles. The van der Waals surface area contributed by atoms with Crippen LogP contribution in [0.25, 0.3) is 11.3 Å². The Balaban J connectivity index is 1.77. The Morgan fingerprint density at radius 3 is 2.57 bits per heavy atom. The molecule has 7 nitrogen and oxygen atoms in total. The summed E-state index contributed by atoms with van der Waals surface area (Å²) in [4.78, 5) is 35.4. The number of carbonyl (C=O) groups excluding carboxylic acids is 2. The van der Waals surface area contributed by atoms with E-state index < -0.39 is 11.9 Å². The molecule has 0 atom stereocenters. The van der Waals surface area contributed by atoms with Gasteiger partial charge < -0.3 is 15.0 Å². The molecule has 28 heavy (non-hydrogen) atoms. The minimum absolute atomic E-state index is 0.170. The van der Waals surface area contributed by atoms with Gasteiger partial charge in [0.2, 0.25) is 0 Å². The first-order chi connectivity index (χ1) is 13.4. The van der Waals surface area contributed by atoms with Crippen molar-refractivity contribution in [3.05, 3.63) is 63.8 Å². The summed E-state index contributed by atoms with van der Waals surface area (Å²) < 4.78 is 4.97. The molecule has 2 N–H and O–H groups in total. The largest absolute Gasteiger partial charge is 0.462 e. The van der Waals surface area contributed by atoms with Crippen molar-refractivity contribution in [3.8, 4) is 11.3 Å². The molecule has 0 aliphatic rings. The van der Waals surface area contributed by atoms with Gasteiger partial charge in [-0.2, -0.15) is 0 Å². The summed E-state index contributed by atoms with van der Waals surface area (Å²) >= 11 is 12.1. The first kappa shape index (κ1) is 19.9. The number of esters is 1. The molecule has 0 saturated heterocycles. The lowest BCUT2D eigenvalue weighted by atomic mass is 10.1. The number of nitrogens with one attached hydrogen (secondary N) is 2. The number of carbonyl (C=O) groups is 2. The van der Waals surface area contributed by atoms with E-state index in [2.05, 4.69) is 20.3 Å². The first-order valence-electron chi connectivity index (χ1n) is 8.34. The number of H-pyrrole nitrogens is 1. The molecule has 9 heteroatoms. The molecule has 0 aromatic carbocycles. The van der Waals surface area contributed by atoms with Gasteiger partial charge in [-0.15, -0.1) is 0 Å². The summed E-state index contributed by atoms with van der Waals surface area (Å²) in [6.45, 7) is 3.74. The van der Waals surface area contributed by atoms with E-state index in [-0.39, 0.29) is 17.3 Å². The van der Waals surface area contributed by atoms with Crippen LogP contribution in [0.4, 0.5) is 5.69 Å². The fourth-order valence-electron chi connectivity index (χ4n) is 2.47. The average molecular weight is 419 g/mol. The molecule has 3 rings (SSSR count). The lowest BCUT2D eigenvalue weighted by Gasteiger charge is -2.07. The first-order valence-corrected chi connectivity index (χ1v) is 9.09. The smallest absolute Gasteiger partial charge is 0.339 e. The molecule has 0 radical (unpaired) electrons. The number of anilines is 1. The van der Waals surface area contributed by atoms with E-state index in [1.165, 1.54) is 12.4 Å². The van der Waals surface area contributed by atoms with Crippen LogP contribution in [0.15, 0.2) is 36.8 Å². The monoisotopic (exact) mass is 418 g/mol. The minimum Gasteiger partial charge on any atom is -0.462 e. The third kappa shape index (κ3) is 4.16. The molecule has 0 saturated carbocycles. The van der Waals surface area contributed by atoms with Crippen LogP contribution in [0.5, 0.6) is 0 Å². The molecule has 0 aliphatic carbocycles. The molecule has 3 aromatic heterocycles. The van der Waals surface area contributed by atoms with Crippen molar-refractivity contribution in [2.24, 2.45) is 0 Å². The number of nitrogens with zero attached hydrogens (tertiary/aromatic N) is 2. The van der Waals surface area contributed by atoms with Crippen molar-refractivity contribution in [2.75, 3.05) is 11.9 Å². The molecule has 0 bridgehead atoms. The van der Waals surface area contributed by atoms with Crippen molar-refractivity contribution in [1.82, 2.24) is 15.0 Å². The second kappa shape index (κ2) is 8.41. The van der Waals surface area contributed by atoms with Gasteiger partial charge >= 0.3 is 5.97 Å². The molecule has 144 valence electrons. The maximum Gasteiger partial charge on any atom is 0.339 e. The van der Waals surface area contributed by atoms with Gasteiger partial charge in [0.1, 0.15) is 5.69 Å². The number of ether oxygens (including phenoxy) is 1. The van der Waals surface area contributed by atoms with E-state index in [1.54, 1.807) is 38.2 Å². The normalized spacial score (nSPS) is 10.6. The van der Waals surface area contributed by atoms with E-state index in [4.69, 9.17) is 27.9 Å². The molecule has 0 fully saturated rings. The van der Waals surface area contributed by atoms with Gasteiger partial charge in [0.15, 0.2) is 0 Å². The van der Waals surface area contributed by atoms with Gasteiger partial charge in [-0.1, -0.05) is 23.2 Å². The third-order valence-electron chi connectivity index (χ3n) is 3.85. The number of aromatic nitrogens is 3. The second-order valence-corrected chi connectivity index (χ2v) is 6.58. The molecule has 1 amide bonds. The average Bonchev–Trinajstić information content (AvgIpc) is 2.96. The lowest BCUT2D eigenvalue weighted by molar-refractivity contribution is 0.0526. The lowest BCUT2D eigenvalue weighted by Crippen LogP contribution is -2.13. The highest BCUT2D eigenvalue weighted by Crippen LogP contribution is 2.29. The fourth-order valence-corrected chi connectivity index (χ4v) is 2.88. The third-order valence-corrected chi connectivity index (χ3v) is 4.79. The number of hydrogen-bond donors (Lipinski definition) is 2. The van der Waals surface area contributed by atoms with Crippen LogP contribution < -0.4 is 5.32 Å². The van der Waals surface area contributed by atoms with Gasteiger partial charge in [0, 0.05) is 23.7 Å². The van der Waals surface area contributed by atoms with E-state index >= 15 is 0 Å². The zero-order valence-corrected chi connectivity index (χ0v) is 16.6. The van der Waals surface area contributed by atoms with E-state index in [0.29, 0.717) is 33.2 Å². The SMILES string of the molecule is CCOC(=O)c1cncc(-c2ccc(NC(=O)c3[nH]c(C)c(Cl)c3Cl)cn2)c1. The van der Waals surface area contributed by atoms with Crippen molar-refractivity contribution < 1.29 is 14.3 Å². The van der Waals surface area contributed by atoms with Crippen molar-refractivity contribution >= 4 is 40.8 Å². The van der Waals surface area contributed by atoms with Crippen LogP contribution in [0.3, 0.4) is 0 Å². The van der Waals surface area contributed by atoms with Crippen LogP contribution in [0, 0.1) is 6.92 Å². The Labute approximate surface area is 171 Å². The molecular formula is C19H16Cl2N4O3. The predicted molar refractivity (Wildman–Crippen MR) is 107 cm³/mol. The van der Waals surface area contributed by atoms with Crippen molar-refractivity contribution in [3.63, 3.8) is 0 Å². The minimum atomic E-state index is -0.447.